The minimum Gasteiger partial charge on any atom is -0.480 e. The first-order valence-corrected chi connectivity index (χ1v) is 7.65. The number of pyridine rings is 1. The van der Waals surface area contributed by atoms with Gasteiger partial charge in [0.25, 0.3) is 5.91 Å². The second-order valence-electron chi connectivity index (χ2n) is 5.95. The van der Waals surface area contributed by atoms with Crippen molar-refractivity contribution < 1.29 is 9.53 Å². The molecule has 1 heterocycles. The smallest absolute Gasteiger partial charge is 0.254 e. The van der Waals surface area contributed by atoms with Crippen LogP contribution in [-0.4, -0.2) is 24.0 Å². The molecule has 1 aliphatic rings. The van der Waals surface area contributed by atoms with Crippen LogP contribution < -0.4 is 15.8 Å². The Morgan fingerprint density at radius 1 is 1.42 bits per heavy atom. The van der Waals surface area contributed by atoms with Gasteiger partial charge in [0.15, 0.2) is 0 Å². The van der Waals surface area contributed by atoms with Gasteiger partial charge in [0.2, 0.25) is 5.88 Å². The highest BCUT2D eigenvalue weighted by molar-refractivity contribution is 5.95. The molecule has 122 valence electrons. The van der Waals surface area contributed by atoms with Crippen molar-refractivity contribution in [2.75, 3.05) is 12.4 Å². The minimum absolute atomic E-state index is 0.140. The molecule has 1 fully saturated rings. The Morgan fingerprint density at radius 2 is 2.12 bits per heavy atom. The van der Waals surface area contributed by atoms with Gasteiger partial charge in [0, 0.05) is 6.04 Å². The van der Waals surface area contributed by atoms with E-state index in [4.69, 9.17) is 10.5 Å². The summed E-state index contributed by atoms with van der Waals surface area (Å²) in [5.41, 5.74) is 6.85. The number of nitrogens with zero attached hydrogens (tertiary/aromatic N) is 2. The largest absolute Gasteiger partial charge is 0.480 e. The first-order valence-electron chi connectivity index (χ1n) is 7.65. The Balaban J connectivity index is 1.73. The number of methoxy groups -OCH3 is 1. The van der Waals surface area contributed by atoms with Gasteiger partial charge in [-0.1, -0.05) is 30.3 Å². The van der Waals surface area contributed by atoms with Crippen LogP contribution in [-0.2, 0) is 5.41 Å². The van der Waals surface area contributed by atoms with E-state index in [2.05, 4.69) is 16.4 Å². The molecule has 3 N–H and O–H groups in total. The van der Waals surface area contributed by atoms with Crippen LogP contribution >= 0.6 is 0 Å². The maximum absolute atomic E-state index is 11.5. The van der Waals surface area contributed by atoms with Gasteiger partial charge >= 0.3 is 0 Å². The van der Waals surface area contributed by atoms with Gasteiger partial charge in [-0.15, -0.1) is 0 Å². The molecule has 0 radical (unpaired) electrons. The van der Waals surface area contributed by atoms with Crippen LogP contribution in [0.4, 0.5) is 5.69 Å². The molecule has 1 aromatic heterocycles. The van der Waals surface area contributed by atoms with Gasteiger partial charge in [-0.25, -0.2) is 4.98 Å². The number of nitrogens with two attached hydrogens (primary N) is 1. The van der Waals surface area contributed by atoms with E-state index in [0.717, 1.165) is 5.56 Å². The highest BCUT2D eigenvalue weighted by Crippen LogP contribution is 2.44. The van der Waals surface area contributed by atoms with E-state index in [9.17, 15) is 10.1 Å². The van der Waals surface area contributed by atoms with E-state index >= 15 is 0 Å². The highest BCUT2D eigenvalue weighted by atomic mass is 16.5. The quantitative estimate of drug-likeness (QED) is 0.879. The lowest BCUT2D eigenvalue weighted by Crippen LogP contribution is -2.47. The molecule has 2 aromatic rings. The van der Waals surface area contributed by atoms with Crippen LogP contribution in [0.1, 0.15) is 28.8 Å². The van der Waals surface area contributed by atoms with Crippen LogP contribution in [0.15, 0.2) is 42.6 Å². The average molecular weight is 322 g/mol. The van der Waals surface area contributed by atoms with Gasteiger partial charge < -0.3 is 15.8 Å². The molecule has 1 amide bonds. The summed E-state index contributed by atoms with van der Waals surface area (Å²) in [6.07, 6.45) is 3.00. The third kappa shape index (κ3) is 2.76. The van der Waals surface area contributed by atoms with Crippen molar-refractivity contribution in [1.82, 2.24) is 4.98 Å². The fraction of sp³-hybridized carbons (Fsp3) is 0.278. The number of hydrogen-bond acceptors (Lipinski definition) is 5. The number of primary amides is 1. The molecule has 1 aromatic carbocycles. The first kappa shape index (κ1) is 15.8. The Morgan fingerprint density at radius 3 is 2.71 bits per heavy atom. The van der Waals surface area contributed by atoms with Crippen molar-refractivity contribution in [1.29, 1.82) is 5.26 Å². The Kier molecular flexibility index (Phi) is 4.09. The zero-order valence-corrected chi connectivity index (χ0v) is 13.3. The second kappa shape index (κ2) is 6.20. The van der Waals surface area contributed by atoms with E-state index in [0.29, 0.717) is 18.5 Å². The molecule has 0 spiro atoms. The van der Waals surface area contributed by atoms with Gasteiger partial charge in [-0.2, -0.15) is 5.26 Å². The fourth-order valence-electron chi connectivity index (χ4n) is 3.14. The number of ether oxygens (including phenoxy) is 1. The molecule has 1 saturated carbocycles. The maximum Gasteiger partial charge on any atom is 0.254 e. The average Bonchev–Trinajstić information content (AvgIpc) is 2.58. The van der Waals surface area contributed by atoms with E-state index in [1.165, 1.54) is 7.11 Å². The van der Waals surface area contributed by atoms with E-state index in [-0.39, 0.29) is 17.5 Å². The number of nitrogens with one attached hydrogen (secondary N) is 1. The summed E-state index contributed by atoms with van der Waals surface area (Å²) in [6, 6.07) is 14.0. The summed E-state index contributed by atoms with van der Waals surface area (Å²) in [4.78, 5) is 15.6. The highest BCUT2D eigenvalue weighted by Gasteiger charge is 2.46. The van der Waals surface area contributed by atoms with Crippen molar-refractivity contribution in [3.63, 3.8) is 0 Å². The number of amides is 1. The van der Waals surface area contributed by atoms with Crippen molar-refractivity contribution in [2.24, 2.45) is 5.73 Å². The summed E-state index contributed by atoms with van der Waals surface area (Å²) in [5, 5.41) is 12.9. The number of nitriles is 1. The van der Waals surface area contributed by atoms with Crippen LogP contribution in [0, 0.1) is 11.3 Å². The van der Waals surface area contributed by atoms with Crippen molar-refractivity contribution >= 4 is 11.6 Å². The summed E-state index contributed by atoms with van der Waals surface area (Å²) < 4.78 is 5.03. The van der Waals surface area contributed by atoms with Crippen LogP contribution in [0.3, 0.4) is 0 Å². The van der Waals surface area contributed by atoms with Crippen LogP contribution in [0.2, 0.25) is 0 Å². The summed E-state index contributed by atoms with van der Waals surface area (Å²) in [7, 11) is 1.44. The lowest BCUT2D eigenvalue weighted by Gasteiger charge is -2.43. The molecule has 0 unspecified atom stereocenters. The zero-order chi connectivity index (χ0) is 17.2. The monoisotopic (exact) mass is 322 g/mol. The zero-order valence-electron chi connectivity index (χ0n) is 13.3. The third-order valence-corrected chi connectivity index (χ3v) is 4.41. The standard InChI is InChI=1S/C18H18N4O2/c1-24-17-15(16(20)23)7-13(10-21-17)22-14-8-18(9-14,11-19)12-5-3-2-4-6-12/h2-7,10,14,22H,8-9H2,1H3,(H2,20,23). The predicted molar refractivity (Wildman–Crippen MR) is 89.7 cm³/mol. The predicted octanol–water partition coefficient (Wildman–Crippen LogP) is 2.22. The molecule has 1 aliphatic carbocycles. The molecule has 6 heteroatoms. The SMILES string of the molecule is COc1ncc(NC2CC(C#N)(c3ccccc3)C2)cc1C(N)=O. The van der Waals surface area contributed by atoms with Gasteiger partial charge in [0.1, 0.15) is 5.56 Å². The van der Waals surface area contributed by atoms with E-state index < -0.39 is 11.3 Å². The first-order chi connectivity index (χ1) is 11.6. The lowest BCUT2D eigenvalue weighted by atomic mass is 9.62. The molecule has 3 rings (SSSR count). The van der Waals surface area contributed by atoms with Crippen molar-refractivity contribution in [3.05, 3.63) is 53.7 Å². The van der Waals surface area contributed by atoms with Gasteiger partial charge in [0.05, 0.1) is 30.5 Å². The minimum atomic E-state index is -0.590. The molecule has 0 atom stereocenters. The molecule has 0 saturated heterocycles. The lowest BCUT2D eigenvalue weighted by molar-refractivity contribution is 0.0996. The normalized spacial score (nSPS) is 22.1. The summed E-state index contributed by atoms with van der Waals surface area (Å²) in [6.45, 7) is 0. The molecular weight excluding hydrogens is 304 g/mol. The Bertz CT molecular complexity index is 792. The number of carbonyl (C=O) groups excluding carboxylic acids is 1. The second-order valence-corrected chi connectivity index (χ2v) is 5.95. The summed E-state index contributed by atoms with van der Waals surface area (Å²) in [5.74, 6) is -0.385. The number of aromatic nitrogens is 1. The van der Waals surface area contributed by atoms with E-state index in [1.807, 2.05) is 30.3 Å². The molecular formula is C18H18N4O2. The van der Waals surface area contributed by atoms with E-state index in [1.54, 1.807) is 12.3 Å². The Hall–Kier alpha value is -3.07. The molecule has 6 nitrogen and oxygen atoms in total. The maximum atomic E-state index is 11.5. The molecule has 24 heavy (non-hydrogen) atoms. The molecule has 0 aliphatic heterocycles. The fourth-order valence-corrected chi connectivity index (χ4v) is 3.14. The third-order valence-electron chi connectivity index (χ3n) is 4.41. The number of hydrogen-bond donors (Lipinski definition) is 2. The topological polar surface area (TPSA) is 101 Å². The van der Waals surface area contributed by atoms with Crippen molar-refractivity contribution in [3.8, 4) is 11.9 Å². The number of rotatable bonds is 5. The van der Waals surface area contributed by atoms with Crippen LogP contribution in [0.25, 0.3) is 0 Å². The van der Waals surface area contributed by atoms with Crippen LogP contribution in [0.5, 0.6) is 5.88 Å². The van der Waals surface area contributed by atoms with Gasteiger partial charge in [-0.3, -0.25) is 4.79 Å². The molecule has 0 bridgehead atoms. The number of benzene rings is 1. The Labute approximate surface area is 140 Å². The number of carbonyl (C=O) groups is 1. The van der Waals surface area contributed by atoms with Gasteiger partial charge in [-0.05, 0) is 24.5 Å². The number of anilines is 1. The van der Waals surface area contributed by atoms with Crippen molar-refractivity contribution in [2.45, 2.75) is 24.3 Å². The summed E-state index contributed by atoms with van der Waals surface area (Å²) >= 11 is 0.